The molecule has 54 heavy (non-hydrogen) atoms. The fraction of sp³-hybridized carbons (Fsp3) is 0.273. The van der Waals surface area contributed by atoms with Crippen molar-refractivity contribution >= 4 is 77.7 Å². The Hall–Kier alpha value is -5.20. The fourth-order valence-corrected chi connectivity index (χ4v) is 12.3. The molecule has 0 aliphatic heterocycles. The van der Waals surface area contributed by atoms with Gasteiger partial charge < -0.3 is 9.47 Å². The Bertz CT molecular complexity index is 2480. The van der Waals surface area contributed by atoms with Crippen LogP contribution < -0.4 is 9.47 Å². The molecule has 6 nitrogen and oxygen atoms in total. The number of thiophene rings is 4. The van der Waals surface area contributed by atoms with Gasteiger partial charge in [0.25, 0.3) is 11.4 Å². The summed E-state index contributed by atoms with van der Waals surface area (Å²) in [5.41, 5.74) is 5.65. The summed E-state index contributed by atoms with van der Waals surface area (Å²) < 4.78 is 14.9. The van der Waals surface area contributed by atoms with Gasteiger partial charge >= 0.3 is 0 Å². The third-order valence-electron chi connectivity index (χ3n) is 10.2. The van der Waals surface area contributed by atoms with Crippen molar-refractivity contribution < 1.29 is 9.47 Å². The van der Waals surface area contributed by atoms with Crippen molar-refractivity contribution in [1.82, 2.24) is 0 Å². The molecule has 2 aliphatic carbocycles. The number of fused-ring (bicyclic) bond motifs is 7. The molecule has 6 aromatic rings. The minimum atomic E-state index is -0.0248. The van der Waals surface area contributed by atoms with Gasteiger partial charge in [-0.15, -0.1) is 45.3 Å². The SMILES string of the molecule is [C-]#[N+]/C(C#N)=C\c1cc(OCCC)c(-c2cc3cc4c(cc3s2)-c2cc3sc(-c5sc(/C=C(\C#N)[N+]#[C-])cc5OCCC)cc3cc2C42CCCCC2)s1. The van der Waals surface area contributed by atoms with Crippen molar-refractivity contribution in [2.75, 3.05) is 13.2 Å². The van der Waals surface area contributed by atoms with Gasteiger partial charge in [-0.2, -0.15) is 0 Å². The average Bonchev–Trinajstić information content (AvgIpc) is 4.02. The lowest BCUT2D eigenvalue weighted by molar-refractivity contribution is 0.320. The monoisotopic (exact) mass is 778 g/mol. The largest absolute Gasteiger partial charge is 0.492 e. The van der Waals surface area contributed by atoms with Crippen LogP contribution in [0.15, 0.2) is 59.9 Å². The highest BCUT2D eigenvalue weighted by atomic mass is 32.1. The van der Waals surface area contributed by atoms with Crippen LogP contribution in [0.4, 0.5) is 0 Å². The Morgan fingerprint density at radius 1 is 0.685 bits per heavy atom. The van der Waals surface area contributed by atoms with Gasteiger partial charge in [0.05, 0.1) is 48.3 Å². The molecule has 0 unspecified atom stereocenters. The predicted molar refractivity (Wildman–Crippen MR) is 225 cm³/mol. The van der Waals surface area contributed by atoms with E-state index in [4.69, 9.17) is 22.6 Å². The highest BCUT2D eigenvalue weighted by molar-refractivity contribution is 7.27. The van der Waals surface area contributed by atoms with Crippen molar-refractivity contribution in [1.29, 1.82) is 10.5 Å². The van der Waals surface area contributed by atoms with E-state index in [1.165, 1.54) is 61.7 Å². The zero-order valence-electron chi connectivity index (χ0n) is 29.9. The zero-order valence-corrected chi connectivity index (χ0v) is 33.1. The summed E-state index contributed by atoms with van der Waals surface area (Å²) in [5.74, 6) is 1.60. The maximum atomic E-state index is 9.39. The molecule has 266 valence electrons. The van der Waals surface area contributed by atoms with E-state index in [1.807, 2.05) is 24.3 Å². The second-order valence-corrected chi connectivity index (χ2v) is 18.0. The van der Waals surface area contributed by atoms with Gasteiger partial charge in [0.2, 0.25) is 0 Å². The number of benzene rings is 2. The van der Waals surface area contributed by atoms with Crippen molar-refractivity contribution in [3.63, 3.8) is 0 Å². The second kappa shape index (κ2) is 14.9. The van der Waals surface area contributed by atoms with Crippen molar-refractivity contribution in [3.05, 3.63) is 104 Å². The van der Waals surface area contributed by atoms with E-state index >= 15 is 0 Å². The van der Waals surface area contributed by atoms with Gasteiger partial charge in [-0.25, -0.2) is 20.2 Å². The Balaban J connectivity index is 1.24. The summed E-state index contributed by atoms with van der Waals surface area (Å²) in [6.07, 6.45) is 11.0. The molecule has 0 amide bonds. The molecule has 4 aromatic heterocycles. The molecule has 0 bridgehead atoms. The number of hydrogen-bond acceptors (Lipinski definition) is 8. The first-order valence-electron chi connectivity index (χ1n) is 18.1. The first kappa shape index (κ1) is 35.8. The molecule has 0 saturated heterocycles. The van der Waals surface area contributed by atoms with Gasteiger partial charge in [0.15, 0.2) is 0 Å². The molecule has 2 aromatic carbocycles. The topological polar surface area (TPSA) is 74.8 Å². The predicted octanol–water partition coefficient (Wildman–Crippen LogP) is 13.9. The second-order valence-electron chi connectivity index (χ2n) is 13.6. The van der Waals surface area contributed by atoms with Crippen molar-refractivity contribution in [3.8, 4) is 54.3 Å². The summed E-state index contributed by atoms with van der Waals surface area (Å²) in [5, 5.41) is 21.2. The van der Waals surface area contributed by atoms with E-state index < -0.39 is 0 Å². The summed E-state index contributed by atoms with van der Waals surface area (Å²) in [6.45, 7) is 20.1. The number of hydrogen-bond donors (Lipinski definition) is 0. The van der Waals surface area contributed by atoms with Gasteiger partial charge in [-0.05, 0) is 119 Å². The molecule has 2 aliphatic rings. The minimum Gasteiger partial charge on any atom is -0.492 e. The Labute approximate surface area is 331 Å². The van der Waals surface area contributed by atoms with E-state index in [0.717, 1.165) is 66.4 Å². The van der Waals surface area contributed by atoms with Crippen LogP contribution in [0.3, 0.4) is 0 Å². The number of ether oxygens (including phenoxy) is 2. The molecule has 4 heterocycles. The van der Waals surface area contributed by atoms with Crippen LogP contribution in [0.1, 0.15) is 79.7 Å². The molecule has 8 rings (SSSR count). The molecule has 0 N–H and O–H groups in total. The quantitative estimate of drug-likeness (QED) is 0.103. The highest BCUT2D eigenvalue weighted by Crippen LogP contribution is 2.59. The molecule has 10 heteroatoms. The Morgan fingerprint density at radius 3 is 1.56 bits per heavy atom. The summed E-state index contributed by atoms with van der Waals surface area (Å²) in [6, 6.07) is 22.2. The number of allylic oxidation sites excluding steroid dienone is 2. The lowest BCUT2D eigenvalue weighted by atomic mass is 9.67. The number of nitrogens with zero attached hydrogens (tertiary/aromatic N) is 4. The maximum Gasteiger partial charge on any atom is 0.263 e. The van der Waals surface area contributed by atoms with Crippen LogP contribution in [0.5, 0.6) is 11.5 Å². The standard InChI is InChI=1S/C44H34N4O2S4/c1-5-12-49-36-20-30(18-28(24-45)47-3)51-42(36)40-16-26-14-34-32(22-38(26)53-40)33-23-39-27(15-35(33)44(34)10-8-7-9-11-44)17-41(54-39)43-37(50-13-6-2)21-31(52-43)19-29(25-46)48-4/h14-23H,5-13H2,1-2H3/b28-18-,29-19+. The van der Waals surface area contributed by atoms with Gasteiger partial charge in [0.1, 0.15) is 11.5 Å². The normalized spacial score (nSPS) is 14.7. The van der Waals surface area contributed by atoms with Crippen LogP contribution in [-0.4, -0.2) is 13.2 Å². The lowest BCUT2D eigenvalue weighted by Crippen LogP contribution is -2.28. The zero-order chi connectivity index (χ0) is 37.4. The van der Waals surface area contributed by atoms with E-state index in [-0.39, 0.29) is 16.8 Å². The summed E-state index contributed by atoms with van der Waals surface area (Å²) in [7, 11) is 0. The lowest BCUT2D eigenvalue weighted by Gasteiger charge is -2.36. The molecular weight excluding hydrogens is 745 g/mol. The highest BCUT2D eigenvalue weighted by Gasteiger charge is 2.44. The average molecular weight is 779 g/mol. The van der Waals surface area contributed by atoms with Crippen LogP contribution in [-0.2, 0) is 5.41 Å². The van der Waals surface area contributed by atoms with Gasteiger partial charge in [0, 0.05) is 34.3 Å². The Morgan fingerprint density at radius 2 is 1.15 bits per heavy atom. The van der Waals surface area contributed by atoms with Crippen LogP contribution in [0, 0.1) is 35.8 Å². The van der Waals surface area contributed by atoms with E-state index in [1.54, 1.807) is 57.5 Å². The van der Waals surface area contributed by atoms with E-state index in [0.29, 0.717) is 13.2 Å². The fourth-order valence-electron chi connectivity index (χ4n) is 7.83. The van der Waals surface area contributed by atoms with Gasteiger partial charge in [-0.1, -0.05) is 33.1 Å². The smallest absolute Gasteiger partial charge is 0.263 e. The van der Waals surface area contributed by atoms with Gasteiger partial charge in [-0.3, -0.25) is 0 Å². The Kier molecular flexibility index (Phi) is 9.89. The van der Waals surface area contributed by atoms with Crippen LogP contribution in [0.2, 0.25) is 0 Å². The first-order valence-corrected chi connectivity index (χ1v) is 21.4. The van der Waals surface area contributed by atoms with E-state index in [2.05, 4.69) is 59.9 Å². The number of rotatable bonds is 10. The summed E-state index contributed by atoms with van der Waals surface area (Å²) in [4.78, 5) is 12.7. The molecule has 0 radical (unpaired) electrons. The maximum absolute atomic E-state index is 9.39. The number of nitriles is 2. The molecule has 1 saturated carbocycles. The molecule has 1 spiro atoms. The molecule has 1 fully saturated rings. The summed E-state index contributed by atoms with van der Waals surface area (Å²) >= 11 is 6.68. The minimum absolute atomic E-state index is 0.0248. The van der Waals surface area contributed by atoms with Crippen molar-refractivity contribution in [2.24, 2.45) is 0 Å². The van der Waals surface area contributed by atoms with Crippen LogP contribution in [0.25, 0.3) is 72.6 Å². The third kappa shape index (κ3) is 6.30. The first-order chi connectivity index (χ1) is 26.4. The third-order valence-corrected chi connectivity index (χ3v) is 14.9. The van der Waals surface area contributed by atoms with Crippen LogP contribution >= 0.6 is 45.3 Å². The van der Waals surface area contributed by atoms with E-state index in [9.17, 15) is 10.5 Å². The van der Waals surface area contributed by atoms with Crippen molar-refractivity contribution in [2.45, 2.75) is 64.2 Å². The molecular formula is C44H34N4O2S4. The molecule has 0 atom stereocenters.